The summed E-state index contributed by atoms with van der Waals surface area (Å²) in [5.74, 6) is 0.198. The lowest BCUT2D eigenvalue weighted by Crippen LogP contribution is -2.55. The highest BCUT2D eigenvalue weighted by molar-refractivity contribution is 6.31. The normalized spacial score (nSPS) is 22.1. The van der Waals surface area contributed by atoms with Crippen LogP contribution in [-0.2, 0) is 22.4 Å². The zero-order valence-corrected chi connectivity index (χ0v) is 20.5. The van der Waals surface area contributed by atoms with Crippen LogP contribution >= 0.6 is 11.6 Å². The molecule has 3 aromatic rings. The molecule has 2 fully saturated rings. The van der Waals surface area contributed by atoms with Crippen molar-refractivity contribution >= 4 is 23.4 Å². The molecule has 4 heterocycles. The van der Waals surface area contributed by atoms with Crippen LogP contribution in [0.2, 0.25) is 5.02 Å². The van der Waals surface area contributed by atoms with Crippen LogP contribution in [0.15, 0.2) is 42.6 Å². The predicted octanol–water partition coefficient (Wildman–Crippen LogP) is 3.77. The number of hydrogen-bond acceptors (Lipinski definition) is 6. The van der Waals surface area contributed by atoms with Crippen LogP contribution in [-0.4, -0.2) is 45.4 Å². The fourth-order valence-electron chi connectivity index (χ4n) is 5.61. The van der Waals surface area contributed by atoms with Crippen LogP contribution in [0.5, 0.6) is 0 Å². The van der Waals surface area contributed by atoms with Gasteiger partial charge in [-0.25, -0.2) is 9.78 Å². The van der Waals surface area contributed by atoms with E-state index in [9.17, 15) is 10.1 Å². The number of hydrogen-bond donors (Lipinski definition) is 2. The minimum Gasteiger partial charge on any atom is -0.383 e. The summed E-state index contributed by atoms with van der Waals surface area (Å²) in [5, 5.41) is 18.1. The Labute approximate surface area is 213 Å². The first-order valence-corrected chi connectivity index (χ1v) is 12.5. The van der Waals surface area contributed by atoms with Gasteiger partial charge in [0.25, 0.3) is 0 Å². The van der Waals surface area contributed by atoms with Crippen LogP contribution in [0.4, 0.5) is 10.6 Å². The highest BCUT2D eigenvalue weighted by Crippen LogP contribution is 2.45. The number of ether oxygens (including phenoxy) is 1. The molecule has 3 N–H and O–H groups in total. The predicted molar refractivity (Wildman–Crippen MR) is 134 cm³/mol. The van der Waals surface area contributed by atoms with Crippen LogP contribution in [0, 0.1) is 11.3 Å². The number of fused-ring (bicyclic) bond motifs is 2. The van der Waals surface area contributed by atoms with Crippen molar-refractivity contribution < 1.29 is 9.53 Å². The quantitative estimate of drug-likeness (QED) is 0.561. The van der Waals surface area contributed by atoms with Crippen molar-refractivity contribution in [3.05, 3.63) is 64.4 Å². The molecule has 1 atom stereocenters. The number of amides is 2. The van der Waals surface area contributed by atoms with Gasteiger partial charge < -0.3 is 20.7 Å². The molecule has 9 nitrogen and oxygen atoms in total. The summed E-state index contributed by atoms with van der Waals surface area (Å²) in [4.78, 5) is 19.4. The van der Waals surface area contributed by atoms with E-state index in [-0.39, 0.29) is 11.8 Å². The fraction of sp³-hybridized carbons (Fsp3) is 0.385. The third kappa shape index (κ3) is 3.60. The first kappa shape index (κ1) is 22.8. The number of benzene rings is 1. The number of halogens is 1. The maximum Gasteiger partial charge on any atom is 0.318 e. The first-order chi connectivity index (χ1) is 17.4. The van der Waals surface area contributed by atoms with Crippen molar-refractivity contribution in [1.29, 1.82) is 5.26 Å². The Balaban J connectivity index is 1.24. The molecule has 2 aliphatic heterocycles. The SMILES string of the molecule is N#Cc1cc(-c2cc3n(n2)CCOC32CCN(C(=O)NC3(c4ccccc4Cl)CCC3)C2)cnc1N. The van der Waals surface area contributed by atoms with Gasteiger partial charge in [0.2, 0.25) is 0 Å². The molecule has 10 heteroatoms. The van der Waals surface area contributed by atoms with Crippen LogP contribution < -0.4 is 11.1 Å². The molecule has 184 valence electrons. The van der Waals surface area contributed by atoms with Gasteiger partial charge in [-0.15, -0.1) is 0 Å². The number of rotatable bonds is 3. The van der Waals surface area contributed by atoms with Crippen molar-refractivity contribution in [2.75, 3.05) is 25.4 Å². The van der Waals surface area contributed by atoms with E-state index in [1.165, 1.54) is 0 Å². The molecule has 2 amide bonds. The average molecular weight is 504 g/mol. The molecule has 0 radical (unpaired) electrons. The third-order valence-corrected chi connectivity index (χ3v) is 8.05. The second-order valence-electron chi connectivity index (χ2n) is 9.77. The fourth-order valence-corrected chi connectivity index (χ4v) is 5.93. The summed E-state index contributed by atoms with van der Waals surface area (Å²) in [6.07, 6.45) is 5.09. The van der Waals surface area contributed by atoms with Gasteiger partial charge in [0.15, 0.2) is 0 Å². The molecule has 1 unspecified atom stereocenters. The molecular formula is C26H26ClN7O2. The maximum atomic E-state index is 13.4. The van der Waals surface area contributed by atoms with E-state index in [4.69, 9.17) is 27.2 Å². The number of pyridine rings is 1. The van der Waals surface area contributed by atoms with E-state index in [0.717, 1.165) is 36.1 Å². The lowest BCUT2D eigenvalue weighted by Gasteiger charge is -2.44. The van der Waals surface area contributed by atoms with E-state index in [1.807, 2.05) is 39.9 Å². The average Bonchev–Trinajstić information content (AvgIpc) is 3.49. The van der Waals surface area contributed by atoms with Gasteiger partial charge in [-0.3, -0.25) is 4.68 Å². The van der Waals surface area contributed by atoms with Gasteiger partial charge in [0, 0.05) is 29.7 Å². The number of nitrogens with zero attached hydrogens (tertiary/aromatic N) is 5. The van der Waals surface area contributed by atoms with E-state index in [2.05, 4.69) is 16.4 Å². The third-order valence-electron chi connectivity index (χ3n) is 7.72. The number of carbonyl (C=O) groups excluding carboxylic acids is 1. The Hall–Kier alpha value is -3.61. The Morgan fingerprint density at radius 1 is 1.22 bits per heavy atom. The van der Waals surface area contributed by atoms with Gasteiger partial charge in [-0.05, 0) is 43.0 Å². The van der Waals surface area contributed by atoms with Gasteiger partial charge in [-0.2, -0.15) is 10.4 Å². The molecule has 1 aliphatic carbocycles. The smallest absolute Gasteiger partial charge is 0.318 e. The zero-order chi connectivity index (χ0) is 24.9. The van der Waals surface area contributed by atoms with E-state index >= 15 is 0 Å². The second-order valence-corrected chi connectivity index (χ2v) is 10.2. The molecule has 0 bridgehead atoms. The highest BCUT2D eigenvalue weighted by atomic mass is 35.5. The van der Waals surface area contributed by atoms with Crippen molar-refractivity contribution in [3.8, 4) is 17.3 Å². The number of nitrogens with one attached hydrogen (secondary N) is 1. The number of nitrogen functional groups attached to an aromatic ring is 1. The van der Waals surface area contributed by atoms with Crippen molar-refractivity contribution in [2.24, 2.45) is 0 Å². The minimum absolute atomic E-state index is 0.103. The molecule has 1 aromatic carbocycles. The largest absolute Gasteiger partial charge is 0.383 e. The summed E-state index contributed by atoms with van der Waals surface area (Å²) < 4.78 is 8.27. The number of urea groups is 1. The lowest BCUT2D eigenvalue weighted by molar-refractivity contribution is -0.0703. The molecule has 1 saturated carbocycles. The Bertz CT molecular complexity index is 1390. The highest BCUT2D eigenvalue weighted by Gasteiger charge is 2.49. The van der Waals surface area contributed by atoms with Crippen LogP contribution in [0.1, 0.15) is 42.5 Å². The van der Waals surface area contributed by atoms with Crippen LogP contribution in [0.3, 0.4) is 0 Å². The van der Waals surface area contributed by atoms with E-state index < -0.39 is 11.1 Å². The summed E-state index contributed by atoms with van der Waals surface area (Å²) >= 11 is 6.49. The van der Waals surface area contributed by atoms with Gasteiger partial charge in [0.1, 0.15) is 17.5 Å². The van der Waals surface area contributed by atoms with E-state index in [0.29, 0.717) is 48.9 Å². The molecule has 3 aliphatic rings. The molecular weight excluding hydrogens is 478 g/mol. The zero-order valence-electron chi connectivity index (χ0n) is 19.7. The first-order valence-electron chi connectivity index (χ1n) is 12.1. The summed E-state index contributed by atoms with van der Waals surface area (Å²) in [6, 6.07) is 13.4. The number of carbonyl (C=O) groups is 1. The van der Waals surface area contributed by atoms with Crippen molar-refractivity contribution in [1.82, 2.24) is 25.0 Å². The Kier molecular flexibility index (Phi) is 5.39. The number of nitrogens with two attached hydrogens (primary N) is 1. The molecule has 2 aromatic heterocycles. The Morgan fingerprint density at radius 2 is 2.06 bits per heavy atom. The summed E-state index contributed by atoms with van der Waals surface area (Å²) in [5.41, 5.74) is 8.38. The summed E-state index contributed by atoms with van der Waals surface area (Å²) in [7, 11) is 0. The van der Waals surface area contributed by atoms with Gasteiger partial charge in [-0.1, -0.05) is 29.8 Å². The monoisotopic (exact) mass is 503 g/mol. The number of anilines is 1. The lowest BCUT2D eigenvalue weighted by atomic mass is 9.72. The molecule has 36 heavy (non-hydrogen) atoms. The standard InChI is InChI=1S/C26H26ClN7O2/c27-20-5-2-1-4-19(20)25(6-3-7-25)31-24(35)33-9-8-26(16-33)22-13-21(32-34(22)10-11-36-26)18-12-17(14-28)23(29)30-15-18/h1-2,4-5,12-13,15H,3,6-11,16H2,(H2,29,30)(H,31,35). The summed E-state index contributed by atoms with van der Waals surface area (Å²) in [6.45, 7) is 2.14. The molecule has 1 saturated heterocycles. The van der Waals surface area contributed by atoms with Gasteiger partial charge in [0.05, 0.1) is 42.2 Å². The molecule has 1 spiro atoms. The topological polar surface area (TPSA) is 122 Å². The number of aromatic nitrogens is 3. The van der Waals surface area contributed by atoms with Crippen molar-refractivity contribution in [3.63, 3.8) is 0 Å². The molecule has 6 rings (SSSR count). The number of nitriles is 1. The van der Waals surface area contributed by atoms with Crippen LogP contribution in [0.25, 0.3) is 11.3 Å². The van der Waals surface area contributed by atoms with E-state index in [1.54, 1.807) is 12.3 Å². The second kappa shape index (κ2) is 8.50. The minimum atomic E-state index is -0.628. The van der Waals surface area contributed by atoms with Gasteiger partial charge >= 0.3 is 6.03 Å². The number of likely N-dealkylation sites (tertiary alicyclic amines) is 1. The van der Waals surface area contributed by atoms with Crippen molar-refractivity contribution in [2.45, 2.75) is 43.4 Å². The maximum absolute atomic E-state index is 13.4. The Morgan fingerprint density at radius 3 is 2.81 bits per heavy atom.